The van der Waals surface area contributed by atoms with E-state index in [-0.39, 0.29) is 24.2 Å². The number of nitrogens with zero attached hydrogens (tertiary/aromatic N) is 1. The van der Waals surface area contributed by atoms with E-state index in [0.717, 1.165) is 50.7 Å². The number of fused-ring (bicyclic) bond motifs is 9. The molecule has 6 atom stereocenters. The first-order valence-electron chi connectivity index (χ1n) is 19.4. The Hall–Kier alpha value is -5.28. The zero-order valence-electron chi connectivity index (χ0n) is 29.5. The molecule has 3 heteroatoms. The molecule has 0 amide bonds. The lowest BCUT2D eigenvalue weighted by molar-refractivity contribution is 0.0228. The molecule has 0 N–H and O–H groups in total. The average molecular weight is 678 g/mol. The van der Waals surface area contributed by atoms with Crippen LogP contribution in [0, 0.1) is 11.3 Å². The number of anilines is 1. The Morgan fingerprint density at radius 2 is 1.44 bits per heavy atom. The molecular formula is C49H43NO2. The Labute approximate surface area is 307 Å². The molecular weight excluding hydrogens is 635 g/mol. The van der Waals surface area contributed by atoms with Gasteiger partial charge in [-0.25, -0.2) is 0 Å². The number of hydrogen-bond donors (Lipinski definition) is 0. The molecule has 0 fully saturated rings. The third-order valence-corrected chi connectivity index (χ3v) is 12.8. The van der Waals surface area contributed by atoms with E-state index in [0.29, 0.717) is 5.92 Å². The van der Waals surface area contributed by atoms with E-state index in [9.17, 15) is 0 Å². The average Bonchev–Trinajstić information content (AvgIpc) is 3.56. The van der Waals surface area contributed by atoms with E-state index >= 15 is 0 Å². The molecule has 0 bridgehead atoms. The minimum atomic E-state index is -0.470. The van der Waals surface area contributed by atoms with E-state index in [4.69, 9.17) is 9.47 Å². The number of para-hydroxylation sites is 1. The van der Waals surface area contributed by atoms with Gasteiger partial charge in [-0.2, -0.15) is 0 Å². The summed E-state index contributed by atoms with van der Waals surface area (Å²) in [5, 5.41) is 0. The van der Waals surface area contributed by atoms with Gasteiger partial charge in [-0.15, -0.1) is 0 Å². The topological polar surface area (TPSA) is 21.7 Å². The zero-order chi connectivity index (χ0) is 34.2. The van der Waals surface area contributed by atoms with Crippen LogP contribution in [0.1, 0.15) is 67.6 Å². The normalized spacial score (nSPS) is 31.7. The first kappa shape index (κ1) is 30.4. The molecule has 6 unspecified atom stereocenters. The SMILES string of the molecule is C1=CCCC(N2c3c(C4=CCCC5=C4C4(C6=CC=CCC6O5)C5=C(CCC=C5c5ccccc5)OC5C=CC=CC54)cccc3C3C=CC=CC32)=C1. The maximum atomic E-state index is 7.27. The van der Waals surface area contributed by atoms with Gasteiger partial charge in [-0.3, -0.25) is 0 Å². The van der Waals surface area contributed by atoms with Gasteiger partial charge in [0, 0.05) is 53.5 Å². The maximum absolute atomic E-state index is 7.27. The Balaban J connectivity index is 1.20. The van der Waals surface area contributed by atoms with Crippen molar-refractivity contribution in [1.82, 2.24) is 0 Å². The van der Waals surface area contributed by atoms with Crippen LogP contribution in [0.5, 0.6) is 0 Å². The molecule has 0 saturated heterocycles. The summed E-state index contributed by atoms with van der Waals surface area (Å²) in [6.07, 6.45) is 44.1. The second kappa shape index (κ2) is 11.9. The van der Waals surface area contributed by atoms with Crippen LogP contribution in [0.3, 0.4) is 0 Å². The Morgan fingerprint density at radius 1 is 0.654 bits per heavy atom. The van der Waals surface area contributed by atoms with Gasteiger partial charge in [0.05, 0.1) is 17.1 Å². The summed E-state index contributed by atoms with van der Waals surface area (Å²) >= 11 is 0. The summed E-state index contributed by atoms with van der Waals surface area (Å²) in [7, 11) is 0. The molecule has 0 aromatic heterocycles. The first-order chi connectivity index (χ1) is 25.8. The summed E-state index contributed by atoms with van der Waals surface area (Å²) in [5.74, 6) is 2.71. The molecule has 3 aliphatic heterocycles. The van der Waals surface area contributed by atoms with E-state index in [1.807, 2.05) is 0 Å². The zero-order valence-corrected chi connectivity index (χ0v) is 29.5. The highest BCUT2D eigenvalue weighted by atomic mass is 16.5. The van der Waals surface area contributed by atoms with Crippen molar-refractivity contribution in [3.05, 3.63) is 196 Å². The van der Waals surface area contributed by atoms with Crippen LogP contribution in [-0.2, 0) is 9.47 Å². The van der Waals surface area contributed by atoms with Crippen LogP contribution in [0.2, 0.25) is 0 Å². The predicted molar refractivity (Wildman–Crippen MR) is 211 cm³/mol. The van der Waals surface area contributed by atoms with Crippen molar-refractivity contribution in [3.63, 3.8) is 0 Å². The van der Waals surface area contributed by atoms with Crippen LogP contribution in [0.15, 0.2) is 180 Å². The van der Waals surface area contributed by atoms with Crippen molar-refractivity contribution < 1.29 is 9.47 Å². The number of benzene rings is 2. The molecule has 256 valence electrons. The predicted octanol–water partition coefficient (Wildman–Crippen LogP) is 11.3. The molecule has 1 spiro atoms. The van der Waals surface area contributed by atoms with Crippen molar-refractivity contribution in [3.8, 4) is 0 Å². The highest BCUT2D eigenvalue weighted by Crippen LogP contribution is 2.68. The lowest BCUT2D eigenvalue weighted by Crippen LogP contribution is -2.53. The standard InChI is InChI=1S/C49H43NO2/c1-3-16-32(17-4-1)34-21-14-30-44-46(34)49(39-25-8-11-28-42(39)51-44)40-26-9-12-29-43(40)52-45-31-15-22-36(47(45)49)38-24-13-23-37-35-20-7-10-27-41(35)50(48(37)38)33-18-5-2-6-19-33/h1-5,7-13,16-18,20-28,35,39,41-43H,6,14-15,19,29-31H2. The third kappa shape index (κ3) is 4.26. The maximum Gasteiger partial charge on any atom is 0.124 e. The van der Waals surface area contributed by atoms with Crippen molar-refractivity contribution in [2.45, 2.75) is 69.1 Å². The Morgan fingerprint density at radius 3 is 2.33 bits per heavy atom. The van der Waals surface area contributed by atoms with Crippen molar-refractivity contribution >= 4 is 16.8 Å². The van der Waals surface area contributed by atoms with Crippen LogP contribution in [0.25, 0.3) is 11.1 Å². The van der Waals surface area contributed by atoms with Crippen LogP contribution in [0.4, 0.5) is 5.69 Å². The van der Waals surface area contributed by atoms with E-state index in [1.165, 1.54) is 61.7 Å². The quantitative estimate of drug-likeness (QED) is 0.323. The number of hydrogen-bond acceptors (Lipinski definition) is 3. The lowest BCUT2D eigenvalue weighted by atomic mass is 9.50. The summed E-state index contributed by atoms with van der Waals surface area (Å²) in [5.41, 5.74) is 13.0. The largest absolute Gasteiger partial charge is 0.490 e. The van der Waals surface area contributed by atoms with E-state index in [2.05, 4.69) is 151 Å². The summed E-state index contributed by atoms with van der Waals surface area (Å²) in [6.45, 7) is 0. The minimum absolute atomic E-state index is 0.0100. The molecule has 0 saturated carbocycles. The molecule has 52 heavy (non-hydrogen) atoms. The minimum Gasteiger partial charge on any atom is -0.490 e. The molecule has 6 aliphatic carbocycles. The smallest absolute Gasteiger partial charge is 0.124 e. The Bertz CT molecular complexity index is 2260. The van der Waals surface area contributed by atoms with Gasteiger partial charge >= 0.3 is 0 Å². The molecule has 11 rings (SSSR count). The van der Waals surface area contributed by atoms with Crippen LogP contribution < -0.4 is 4.90 Å². The van der Waals surface area contributed by atoms with Gasteiger partial charge in [0.25, 0.3) is 0 Å². The second-order valence-corrected chi connectivity index (χ2v) is 15.4. The molecule has 2 aromatic rings. The van der Waals surface area contributed by atoms with Gasteiger partial charge in [-0.1, -0.05) is 134 Å². The van der Waals surface area contributed by atoms with E-state index in [1.54, 1.807) is 0 Å². The van der Waals surface area contributed by atoms with Crippen LogP contribution >= 0.6 is 0 Å². The summed E-state index contributed by atoms with van der Waals surface area (Å²) < 4.78 is 14.4. The molecule has 9 aliphatic rings. The first-order valence-corrected chi connectivity index (χ1v) is 19.4. The molecule has 2 aromatic carbocycles. The van der Waals surface area contributed by atoms with Gasteiger partial charge in [0.1, 0.15) is 23.7 Å². The molecule has 0 radical (unpaired) electrons. The fourth-order valence-corrected chi connectivity index (χ4v) is 10.9. The lowest BCUT2D eigenvalue weighted by Gasteiger charge is -2.57. The van der Waals surface area contributed by atoms with Crippen molar-refractivity contribution in [2.75, 3.05) is 4.90 Å². The number of rotatable bonds is 3. The van der Waals surface area contributed by atoms with Crippen molar-refractivity contribution in [2.24, 2.45) is 11.3 Å². The fraction of sp³-hybridized carbons (Fsp3) is 0.265. The summed E-state index contributed by atoms with van der Waals surface area (Å²) in [4.78, 5) is 2.69. The Kier molecular flexibility index (Phi) is 6.94. The monoisotopic (exact) mass is 677 g/mol. The summed E-state index contributed by atoms with van der Waals surface area (Å²) in [6, 6.07) is 18.4. The molecule has 3 nitrogen and oxygen atoms in total. The molecule has 3 heterocycles. The van der Waals surface area contributed by atoms with Gasteiger partial charge < -0.3 is 14.4 Å². The van der Waals surface area contributed by atoms with Gasteiger partial charge in [-0.05, 0) is 65.7 Å². The highest BCUT2D eigenvalue weighted by molar-refractivity contribution is 5.96. The van der Waals surface area contributed by atoms with E-state index < -0.39 is 5.41 Å². The third-order valence-electron chi connectivity index (χ3n) is 12.8. The number of ether oxygens (including phenoxy) is 2. The highest BCUT2D eigenvalue weighted by Gasteiger charge is 2.61. The van der Waals surface area contributed by atoms with Gasteiger partial charge in [0.2, 0.25) is 0 Å². The van der Waals surface area contributed by atoms with Crippen molar-refractivity contribution in [1.29, 1.82) is 0 Å². The fourth-order valence-electron chi connectivity index (χ4n) is 10.9. The van der Waals surface area contributed by atoms with Crippen LogP contribution in [-0.4, -0.2) is 18.2 Å². The second-order valence-electron chi connectivity index (χ2n) is 15.4. The van der Waals surface area contributed by atoms with Gasteiger partial charge in [0.15, 0.2) is 0 Å². The number of allylic oxidation sites excluding steroid dienone is 18.